The van der Waals surface area contributed by atoms with Crippen molar-refractivity contribution in [1.82, 2.24) is 9.80 Å². The van der Waals surface area contributed by atoms with E-state index in [4.69, 9.17) is 5.73 Å². The zero-order valence-electron chi connectivity index (χ0n) is 21.7. The Hall–Kier alpha value is -2.49. The number of fused-ring (bicyclic) bond motifs is 4. The first-order valence-corrected chi connectivity index (χ1v) is 13.6. The monoisotopic (exact) mass is 532 g/mol. The second-order valence-corrected chi connectivity index (χ2v) is 11.2. The summed E-state index contributed by atoms with van der Waals surface area (Å²) >= 11 is 0. The summed E-state index contributed by atoms with van der Waals surface area (Å²) in [5.74, 6) is -5.46. The van der Waals surface area contributed by atoms with Gasteiger partial charge in [-0.3, -0.25) is 14.6 Å². The van der Waals surface area contributed by atoms with Crippen LogP contribution in [0, 0.1) is 17.6 Å². The average molecular weight is 533 g/mol. The van der Waals surface area contributed by atoms with E-state index in [0.29, 0.717) is 29.3 Å². The number of amides is 1. The number of nitrogens with one attached hydrogen (secondary N) is 1. The third-order valence-corrected chi connectivity index (χ3v) is 8.80. The molecule has 3 saturated heterocycles. The van der Waals surface area contributed by atoms with Gasteiger partial charge in [-0.15, -0.1) is 0 Å². The van der Waals surface area contributed by atoms with Crippen LogP contribution in [0.2, 0.25) is 0 Å². The van der Waals surface area contributed by atoms with E-state index < -0.39 is 41.3 Å². The Kier molecular flexibility index (Phi) is 7.80. The number of hydrogen-bond acceptors (Lipinski definition) is 4. The molecule has 38 heavy (non-hydrogen) atoms. The van der Waals surface area contributed by atoms with Crippen LogP contribution in [0.3, 0.4) is 0 Å². The van der Waals surface area contributed by atoms with Crippen molar-refractivity contribution in [3.63, 3.8) is 0 Å². The third kappa shape index (κ3) is 5.60. The lowest BCUT2D eigenvalue weighted by atomic mass is 9.68. The molecule has 1 aliphatic carbocycles. The van der Waals surface area contributed by atoms with Gasteiger partial charge in [0.05, 0.1) is 12.2 Å². The summed E-state index contributed by atoms with van der Waals surface area (Å²) in [7, 11) is 2.13. The third-order valence-electron chi connectivity index (χ3n) is 8.80. The fourth-order valence-corrected chi connectivity index (χ4v) is 6.69. The van der Waals surface area contributed by atoms with Crippen molar-refractivity contribution in [2.45, 2.75) is 75.0 Å². The molecule has 4 fully saturated rings. The Labute approximate surface area is 221 Å². The zero-order valence-corrected chi connectivity index (χ0v) is 21.7. The first kappa shape index (κ1) is 27.1. The van der Waals surface area contributed by atoms with Crippen molar-refractivity contribution in [1.29, 1.82) is 0 Å². The van der Waals surface area contributed by atoms with E-state index in [2.05, 4.69) is 22.2 Å². The van der Waals surface area contributed by atoms with E-state index in [0.717, 1.165) is 32.4 Å². The van der Waals surface area contributed by atoms with Crippen LogP contribution in [0.15, 0.2) is 42.5 Å². The van der Waals surface area contributed by atoms with Crippen molar-refractivity contribution in [3.8, 4) is 0 Å². The van der Waals surface area contributed by atoms with E-state index in [1.807, 2.05) is 0 Å². The number of carbonyl (C=O) groups is 1. The van der Waals surface area contributed by atoms with Crippen LogP contribution in [-0.2, 0) is 11.2 Å². The molecule has 0 aromatic heterocycles. The van der Waals surface area contributed by atoms with Crippen molar-refractivity contribution >= 4 is 11.6 Å². The lowest BCUT2D eigenvalue weighted by Gasteiger charge is -2.44. The van der Waals surface area contributed by atoms with Crippen molar-refractivity contribution in [3.05, 3.63) is 65.2 Å². The molecule has 2 bridgehead atoms. The number of benzene rings is 2. The summed E-state index contributed by atoms with van der Waals surface area (Å²) in [5.41, 5.74) is 7.67. The molecule has 5 nitrogen and oxygen atoms in total. The molecule has 2 aromatic carbocycles. The molecule has 1 saturated carbocycles. The maximum absolute atomic E-state index is 15.0. The Morgan fingerprint density at radius 2 is 1.84 bits per heavy atom. The van der Waals surface area contributed by atoms with E-state index in [9.17, 15) is 18.0 Å². The van der Waals surface area contributed by atoms with Crippen molar-refractivity contribution in [2.24, 2.45) is 11.7 Å². The summed E-state index contributed by atoms with van der Waals surface area (Å²) in [6.45, 7) is 2.08. The fraction of sp³-hybridized carbons (Fsp3) is 0.552. The molecule has 1 amide bonds. The maximum Gasteiger partial charge on any atom is 0.248 e. The largest absolute Gasteiger partial charge is 0.324 e. The minimum absolute atomic E-state index is 0.213. The average Bonchev–Trinajstić information content (AvgIpc) is 3.19. The molecule has 3 heterocycles. The quantitative estimate of drug-likeness (QED) is 0.464. The second-order valence-electron chi connectivity index (χ2n) is 11.2. The number of carbonyl (C=O) groups excluding carboxylic acids is 1. The van der Waals surface area contributed by atoms with Crippen LogP contribution in [-0.4, -0.2) is 60.0 Å². The molecule has 5 atom stereocenters. The van der Waals surface area contributed by atoms with Crippen LogP contribution in [0.1, 0.15) is 55.6 Å². The van der Waals surface area contributed by atoms with Gasteiger partial charge >= 0.3 is 0 Å². The van der Waals surface area contributed by atoms with Crippen LogP contribution in [0.4, 0.5) is 23.2 Å². The molecule has 3 unspecified atom stereocenters. The first-order valence-electron chi connectivity index (χ1n) is 13.6. The number of halogens is 4. The Bertz CT molecular complexity index is 1130. The summed E-state index contributed by atoms with van der Waals surface area (Å²) in [4.78, 5) is 18.2. The predicted octanol–water partition coefficient (Wildman–Crippen LogP) is 5.12. The van der Waals surface area contributed by atoms with Gasteiger partial charge in [0.15, 0.2) is 0 Å². The molecular weight excluding hydrogens is 496 g/mol. The van der Waals surface area contributed by atoms with Gasteiger partial charge in [-0.25, -0.2) is 17.6 Å². The minimum Gasteiger partial charge on any atom is -0.324 e. The molecule has 4 aliphatic rings. The number of nitrogens with zero attached hydrogens (tertiary/aromatic N) is 2. The summed E-state index contributed by atoms with van der Waals surface area (Å²) in [5, 5.41) is 2.79. The first-order chi connectivity index (χ1) is 18.1. The van der Waals surface area contributed by atoms with Crippen LogP contribution in [0.25, 0.3) is 0 Å². The van der Waals surface area contributed by atoms with Crippen molar-refractivity contribution in [2.75, 3.05) is 25.5 Å². The normalized spacial score (nSPS) is 26.8. The lowest BCUT2D eigenvalue weighted by Crippen LogP contribution is -2.54. The molecular formula is C29H36F4N4O. The maximum atomic E-state index is 15.0. The summed E-state index contributed by atoms with van der Waals surface area (Å²) in [6.07, 6.45) is 4.08. The predicted molar refractivity (Wildman–Crippen MR) is 139 cm³/mol. The van der Waals surface area contributed by atoms with Crippen LogP contribution >= 0.6 is 0 Å². The van der Waals surface area contributed by atoms with E-state index in [-0.39, 0.29) is 19.0 Å². The van der Waals surface area contributed by atoms with Gasteiger partial charge in [-0.1, -0.05) is 18.2 Å². The molecule has 6 rings (SSSR count). The summed E-state index contributed by atoms with van der Waals surface area (Å²) < 4.78 is 56.0. The number of hydrogen-bond donors (Lipinski definition) is 2. The van der Waals surface area contributed by atoms with E-state index in [1.165, 1.54) is 42.8 Å². The van der Waals surface area contributed by atoms with Crippen LogP contribution in [0.5, 0.6) is 0 Å². The zero-order chi connectivity index (χ0) is 27.0. The Morgan fingerprint density at radius 3 is 2.55 bits per heavy atom. The highest BCUT2D eigenvalue weighted by molar-refractivity contribution is 5.96. The standard InChI is InChI=1S/C29H36F4N4O/c1-36-21-4-3-14-37(15-13-21)25(36)12-11-22-23(31)5-2-6-24(22)35-28(38)27(34)26(19-16-29(32,33)17-19)18-7-9-20(30)10-8-18/h2,5-10,19,21,25-27H,3-4,11-17,34H2,1H3,(H,35,38)/t21?,25?,26-,27+/m1/s1. The SMILES string of the molecule is CN1C2CCCN(CC2)C1CCc1c(F)cccc1NC(=O)[C@@H](N)[C@H](c1ccc(F)cc1)C1CC(F)(F)C1. The van der Waals surface area contributed by atoms with E-state index in [1.54, 1.807) is 6.07 Å². The van der Waals surface area contributed by atoms with Gasteiger partial charge in [0.1, 0.15) is 11.6 Å². The topological polar surface area (TPSA) is 61.6 Å². The number of rotatable bonds is 8. The van der Waals surface area contributed by atoms with Crippen molar-refractivity contribution < 1.29 is 22.4 Å². The highest BCUT2D eigenvalue weighted by Crippen LogP contribution is 2.50. The Morgan fingerprint density at radius 1 is 1.11 bits per heavy atom. The van der Waals surface area contributed by atoms with Gasteiger partial charge in [0.2, 0.25) is 11.8 Å². The second kappa shape index (κ2) is 10.9. The fourth-order valence-electron chi connectivity index (χ4n) is 6.69. The molecule has 206 valence electrons. The minimum atomic E-state index is -2.80. The number of alkyl halides is 2. The molecule has 0 spiro atoms. The molecule has 3 aliphatic heterocycles. The van der Waals surface area contributed by atoms with Crippen LogP contribution < -0.4 is 11.1 Å². The summed E-state index contributed by atoms with van der Waals surface area (Å²) in [6, 6.07) is 9.40. The Balaban J connectivity index is 1.32. The molecule has 0 radical (unpaired) electrons. The smallest absolute Gasteiger partial charge is 0.248 e. The number of nitrogens with two attached hydrogens (primary N) is 1. The highest BCUT2D eigenvalue weighted by Gasteiger charge is 2.51. The molecule has 2 aromatic rings. The number of anilines is 1. The van der Waals surface area contributed by atoms with Gasteiger partial charge in [-0.2, -0.15) is 0 Å². The van der Waals surface area contributed by atoms with Gasteiger partial charge in [0.25, 0.3) is 0 Å². The molecule has 9 heteroatoms. The molecule has 3 N–H and O–H groups in total. The van der Waals surface area contributed by atoms with Gasteiger partial charge in [0, 0.05) is 42.6 Å². The van der Waals surface area contributed by atoms with Gasteiger partial charge in [-0.05, 0) is 81.4 Å². The highest BCUT2D eigenvalue weighted by atomic mass is 19.3. The lowest BCUT2D eigenvalue weighted by molar-refractivity contribution is -0.128. The van der Waals surface area contributed by atoms with E-state index >= 15 is 4.39 Å². The van der Waals surface area contributed by atoms with Gasteiger partial charge < -0.3 is 11.1 Å².